The molecule has 0 fully saturated rings. The Balaban J connectivity index is 1.99. The van der Waals surface area contributed by atoms with E-state index < -0.39 is 41.0 Å². The molecule has 194 valence electrons. The lowest BCUT2D eigenvalue weighted by Gasteiger charge is -2.42. The third kappa shape index (κ3) is 6.92. The van der Waals surface area contributed by atoms with E-state index in [1.807, 2.05) is 0 Å². The van der Waals surface area contributed by atoms with Gasteiger partial charge in [0.25, 0.3) is 5.91 Å². The number of benzene rings is 3. The molecule has 0 bridgehead atoms. The fourth-order valence-electron chi connectivity index (χ4n) is 4.29. The highest BCUT2D eigenvalue weighted by molar-refractivity contribution is 6.30. The number of carbonyl (C=O) groups is 3. The summed E-state index contributed by atoms with van der Waals surface area (Å²) >= 11 is 5.99. The van der Waals surface area contributed by atoms with Crippen LogP contribution in [0.25, 0.3) is 11.1 Å². The minimum absolute atomic E-state index is 0.159. The zero-order chi connectivity index (χ0) is 27.3. The second-order valence-electron chi connectivity index (χ2n) is 9.36. The van der Waals surface area contributed by atoms with E-state index in [4.69, 9.17) is 17.3 Å². The standard InChI is InChI=1S/C28H27ClF2N2O4/c1-28(2,16-17-3-10-21(29)11-4-17)33(24(27(36)37)13-14-25(32)34)26(35)19-7-5-18(6-8-19)20-9-12-22(30)23(31)15-20/h3-12,15,24H,13-14,16H2,1-2H3,(H2,32,34)(H,36,37)/t24-/m0/s1. The molecule has 9 heteroatoms. The van der Waals surface area contributed by atoms with Crippen LogP contribution < -0.4 is 5.73 Å². The van der Waals surface area contributed by atoms with Crippen molar-refractivity contribution < 1.29 is 28.3 Å². The highest BCUT2D eigenvalue weighted by Crippen LogP contribution is 2.29. The normalized spacial score (nSPS) is 12.1. The fraction of sp³-hybridized carbons (Fsp3) is 0.250. The van der Waals surface area contributed by atoms with Gasteiger partial charge in [-0.3, -0.25) is 9.59 Å². The lowest BCUT2D eigenvalue weighted by Crippen LogP contribution is -2.57. The van der Waals surface area contributed by atoms with Gasteiger partial charge in [-0.15, -0.1) is 0 Å². The zero-order valence-electron chi connectivity index (χ0n) is 20.4. The summed E-state index contributed by atoms with van der Waals surface area (Å²) in [6.45, 7) is 3.49. The topological polar surface area (TPSA) is 101 Å². The number of amides is 2. The Morgan fingerprint density at radius 3 is 2.08 bits per heavy atom. The van der Waals surface area contributed by atoms with Crippen LogP contribution in [-0.4, -0.2) is 39.4 Å². The van der Waals surface area contributed by atoms with E-state index >= 15 is 0 Å². The molecule has 0 aliphatic carbocycles. The summed E-state index contributed by atoms with van der Waals surface area (Å²) in [7, 11) is 0. The number of hydrogen-bond donors (Lipinski definition) is 2. The predicted molar refractivity (Wildman–Crippen MR) is 137 cm³/mol. The maximum absolute atomic E-state index is 13.8. The van der Waals surface area contributed by atoms with Crippen LogP contribution in [0.3, 0.4) is 0 Å². The molecule has 0 aromatic heterocycles. The van der Waals surface area contributed by atoms with Gasteiger partial charge in [-0.1, -0.05) is 41.9 Å². The molecule has 2 amide bonds. The van der Waals surface area contributed by atoms with Crippen molar-refractivity contribution in [2.24, 2.45) is 5.73 Å². The Labute approximate surface area is 218 Å². The van der Waals surface area contributed by atoms with Crippen LogP contribution in [0.5, 0.6) is 0 Å². The number of rotatable bonds is 10. The molecule has 3 rings (SSSR count). The number of carbonyl (C=O) groups excluding carboxylic acids is 2. The van der Waals surface area contributed by atoms with Crippen molar-refractivity contribution in [2.45, 2.75) is 44.7 Å². The van der Waals surface area contributed by atoms with E-state index in [9.17, 15) is 28.3 Å². The van der Waals surface area contributed by atoms with Gasteiger partial charge < -0.3 is 15.7 Å². The summed E-state index contributed by atoms with van der Waals surface area (Å²) in [5.41, 5.74) is 6.27. The lowest BCUT2D eigenvalue weighted by atomic mass is 9.89. The average molecular weight is 529 g/mol. The molecular weight excluding hydrogens is 502 g/mol. The lowest BCUT2D eigenvalue weighted by molar-refractivity contribution is -0.144. The molecule has 37 heavy (non-hydrogen) atoms. The smallest absolute Gasteiger partial charge is 0.326 e. The third-order valence-corrected chi connectivity index (χ3v) is 6.32. The Hall–Kier alpha value is -3.78. The minimum atomic E-state index is -1.33. The predicted octanol–water partition coefficient (Wildman–Crippen LogP) is 5.47. The SMILES string of the molecule is CC(C)(Cc1ccc(Cl)cc1)N(C(=O)c1ccc(-c2ccc(F)c(F)c2)cc1)[C@@H](CCC(N)=O)C(=O)O. The Kier molecular flexibility index (Phi) is 8.65. The van der Waals surface area contributed by atoms with Gasteiger partial charge in [-0.05, 0) is 79.8 Å². The molecule has 1 atom stereocenters. The highest BCUT2D eigenvalue weighted by atomic mass is 35.5. The molecule has 0 spiro atoms. The van der Waals surface area contributed by atoms with Gasteiger partial charge in [0.1, 0.15) is 6.04 Å². The van der Waals surface area contributed by atoms with Crippen molar-refractivity contribution in [3.8, 4) is 11.1 Å². The van der Waals surface area contributed by atoms with Crippen molar-refractivity contribution >= 4 is 29.4 Å². The first-order chi connectivity index (χ1) is 17.4. The van der Waals surface area contributed by atoms with Crippen molar-refractivity contribution in [1.29, 1.82) is 0 Å². The summed E-state index contributed by atoms with van der Waals surface area (Å²) in [5, 5.41) is 10.6. The third-order valence-electron chi connectivity index (χ3n) is 6.07. The summed E-state index contributed by atoms with van der Waals surface area (Å²) in [6, 6.07) is 15.3. The number of primary amides is 1. The van der Waals surface area contributed by atoms with Crippen LogP contribution in [0.2, 0.25) is 5.02 Å². The molecule has 0 heterocycles. The molecule has 3 aromatic carbocycles. The Morgan fingerprint density at radius 2 is 1.54 bits per heavy atom. The number of carboxylic acids is 1. The van der Waals surface area contributed by atoms with Crippen LogP contribution in [0, 0.1) is 11.6 Å². The van der Waals surface area contributed by atoms with E-state index in [0.717, 1.165) is 17.7 Å². The van der Waals surface area contributed by atoms with Crippen LogP contribution in [-0.2, 0) is 16.0 Å². The van der Waals surface area contributed by atoms with E-state index in [0.29, 0.717) is 22.6 Å². The molecule has 0 saturated heterocycles. The van der Waals surface area contributed by atoms with Crippen molar-refractivity contribution in [2.75, 3.05) is 0 Å². The first-order valence-corrected chi connectivity index (χ1v) is 11.9. The zero-order valence-corrected chi connectivity index (χ0v) is 21.1. The second kappa shape index (κ2) is 11.5. The van der Waals surface area contributed by atoms with Gasteiger partial charge in [0.05, 0.1) is 0 Å². The van der Waals surface area contributed by atoms with E-state index in [1.54, 1.807) is 50.2 Å². The quantitative estimate of drug-likeness (QED) is 0.364. The maximum atomic E-state index is 13.8. The van der Waals surface area contributed by atoms with Gasteiger partial charge in [-0.2, -0.15) is 0 Å². The largest absolute Gasteiger partial charge is 0.480 e. The van der Waals surface area contributed by atoms with Gasteiger partial charge >= 0.3 is 5.97 Å². The number of aliphatic carboxylic acids is 1. The molecule has 0 aliphatic heterocycles. The second-order valence-corrected chi connectivity index (χ2v) is 9.79. The van der Waals surface area contributed by atoms with Gasteiger partial charge in [0, 0.05) is 22.5 Å². The van der Waals surface area contributed by atoms with E-state index in [2.05, 4.69) is 0 Å². The Bertz CT molecular complexity index is 1290. The summed E-state index contributed by atoms with van der Waals surface area (Å²) in [4.78, 5) is 38.8. The van der Waals surface area contributed by atoms with Crippen molar-refractivity contribution in [3.63, 3.8) is 0 Å². The summed E-state index contributed by atoms with van der Waals surface area (Å²) in [6.07, 6.45) is -0.0660. The first-order valence-electron chi connectivity index (χ1n) is 11.5. The van der Waals surface area contributed by atoms with E-state index in [-0.39, 0.29) is 18.4 Å². The molecular formula is C28H27ClF2N2O4. The highest BCUT2D eigenvalue weighted by Gasteiger charge is 2.40. The van der Waals surface area contributed by atoms with Gasteiger partial charge in [0.15, 0.2) is 11.6 Å². The summed E-state index contributed by atoms with van der Waals surface area (Å²) < 4.78 is 27.0. The first kappa shape index (κ1) is 27.8. The Morgan fingerprint density at radius 1 is 0.946 bits per heavy atom. The molecule has 3 N–H and O–H groups in total. The average Bonchev–Trinajstić information content (AvgIpc) is 2.84. The number of nitrogens with zero attached hydrogens (tertiary/aromatic N) is 1. The van der Waals surface area contributed by atoms with Crippen LogP contribution in [0.4, 0.5) is 8.78 Å². The van der Waals surface area contributed by atoms with Crippen LogP contribution in [0.15, 0.2) is 66.7 Å². The maximum Gasteiger partial charge on any atom is 0.326 e. The number of nitrogens with two attached hydrogens (primary N) is 1. The number of carboxylic acid groups (broad SMARTS) is 1. The number of hydrogen-bond acceptors (Lipinski definition) is 3. The fourth-order valence-corrected chi connectivity index (χ4v) is 4.41. The van der Waals surface area contributed by atoms with Crippen LogP contribution >= 0.6 is 11.6 Å². The molecule has 3 aromatic rings. The molecule has 6 nitrogen and oxygen atoms in total. The van der Waals surface area contributed by atoms with Gasteiger partial charge in [0.2, 0.25) is 5.91 Å². The summed E-state index contributed by atoms with van der Waals surface area (Å²) in [5.74, 6) is -4.47. The molecule has 0 saturated carbocycles. The monoisotopic (exact) mass is 528 g/mol. The molecule has 0 unspecified atom stereocenters. The van der Waals surface area contributed by atoms with Crippen LogP contribution in [0.1, 0.15) is 42.6 Å². The van der Waals surface area contributed by atoms with Gasteiger partial charge in [-0.25, -0.2) is 13.6 Å². The van der Waals surface area contributed by atoms with Crippen molar-refractivity contribution in [3.05, 3.63) is 94.5 Å². The van der Waals surface area contributed by atoms with Crippen molar-refractivity contribution in [1.82, 2.24) is 4.90 Å². The van der Waals surface area contributed by atoms with E-state index in [1.165, 1.54) is 23.1 Å². The molecule has 0 radical (unpaired) electrons. The number of halogens is 3. The minimum Gasteiger partial charge on any atom is -0.480 e. The molecule has 0 aliphatic rings.